The molecule has 1 amide bonds. The Morgan fingerprint density at radius 1 is 0.966 bits per heavy atom. The fraction of sp³-hybridized carbons (Fsp3) is 0.130. The molecule has 0 unspecified atom stereocenters. The number of benzene rings is 2. The number of nitrogens with one attached hydrogen (secondary N) is 1. The maximum atomic E-state index is 12.8. The molecule has 0 radical (unpaired) electrons. The third-order valence-corrected chi connectivity index (χ3v) is 4.65. The molecule has 29 heavy (non-hydrogen) atoms. The summed E-state index contributed by atoms with van der Waals surface area (Å²) in [5.41, 5.74) is 3.22. The molecule has 0 aliphatic heterocycles. The van der Waals surface area contributed by atoms with Gasteiger partial charge in [0.1, 0.15) is 28.7 Å². The van der Waals surface area contributed by atoms with Gasteiger partial charge in [0.2, 0.25) is 5.91 Å². The van der Waals surface area contributed by atoms with Gasteiger partial charge in [-0.25, -0.2) is 4.98 Å². The van der Waals surface area contributed by atoms with Crippen molar-refractivity contribution in [3.63, 3.8) is 0 Å². The van der Waals surface area contributed by atoms with E-state index in [1.165, 1.54) is 0 Å². The Morgan fingerprint density at radius 2 is 1.76 bits per heavy atom. The van der Waals surface area contributed by atoms with Crippen LogP contribution < -0.4 is 14.8 Å². The molecule has 0 saturated heterocycles. The summed E-state index contributed by atoms with van der Waals surface area (Å²) in [6.07, 6.45) is 2.14. The molecular formula is C23H21N3O3. The number of fused-ring (bicyclic) bond motifs is 1. The number of aromatic nitrogens is 2. The zero-order valence-electron chi connectivity index (χ0n) is 16.3. The summed E-state index contributed by atoms with van der Waals surface area (Å²) in [6, 6.07) is 20.8. The summed E-state index contributed by atoms with van der Waals surface area (Å²) in [5.74, 6) is 2.00. The lowest BCUT2D eigenvalue weighted by Gasteiger charge is -2.09. The first-order chi connectivity index (χ1) is 14.2. The summed E-state index contributed by atoms with van der Waals surface area (Å²) in [7, 11) is 3.24. The molecule has 0 aliphatic carbocycles. The Bertz CT molecular complexity index is 1150. The average molecular weight is 387 g/mol. The van der Waals surface area contributed by atoms with Gasteiger partial charge in [0.25, 0.3) is 0 Å². The first-order valence-corrected chi connectivity index (χ1v) is 9.22. The summed E-state index contributed by atoms with van der Waals surface area (Å²) >= 11 is 0. The number of pyridine rings is 1. The topological polar surface area (TPSA) is 64.9 Å². The Morgan fingerprint density at radius 3 is 2.52 bits per heavy atom. The van der Waals surface area contributed by atoms with E-state index in [4.69, 9.17) is 14.5 Å². The molecule has 2 aromatic heterocycles. The van der Waals surface area contributed by atoms with Crippen molar-refractivity contribution in [1.82, 2.24) is 9.38 Å². The highest BCUT2D eigenvalue weighted by atomic mass is 16.5. The maximum Gasteiger partial charge on any atom is 0.229 e. The Labute approximate surface area is 168 Å². The Balaban J connectivity index is 1.67. The quantitative estimate of drug-likeness (QED) is 0.539. The Hall–Kier alpha value is -3.80. The lowest BCUT2D eigenvalue weighted by atomic mass is 10.1. The molecule has 2 heterocycles. The van der Waals surface area contributed by atoms with Crippen molar-refractivity contribution >= 4 is 17.4 Å². The van der Waals surface area contributed by atoms with Crippen LogP contribution in [0.1, 0.15) is 5.56 Å². The highest BCUT2D eigenvalue weighted by molar-refractivity contribution is 5.95. The van der Waals surface area contributed by atoms with Crippen LogP contribution in [0.5, 0.6) is 11.5 Å². The molecule has 2 aromatic carbocycles. The molecule has 0 bridgehead atoms. The number of carbonyl (C=O) groups is 1. The number of imidazole rings is 1. The zero-order valence-corrected chi connectivity index (χ0v) is 16.3. The largest absolute Gasteiger partial charge is 0.497 e. The molecule has 0 atom stereocenters. The van der Waals surface area contributed by atoms with E-state index in [1.54, 1.807) is 14.2 Å². The minimum atomic E-state index is -0.120. The van der Waals surface area contributed by atoms with Crippen LogP contribution >= 0.6 is 0 Å². The molecule has 0 saturated carbocycles. The third kappa shape index (κ3) is 3.91. The number of anilines is 1. The predicted molar refractivity (Wildman–Crippen MR) is 113 cm³/mol. The molecule has 146 valence electrons. The van der Waals surface area contributed by atoms with Crippen molar-refractivity contribution in [3.8, 4) is 22.8 Å². The van der Waals surface area contributed by atoms with E-state index >= 15 is 0 Å². The van der Waals surface area contributed by atoms with E-state index < -0.39 is 0 Å². The number of nitrogens with zero attached hydrogens (tertiary/aromatic N) is 2. The van der Waals surface area contributed by atoms with Crippen molar-refractivity contribution in [2.24, 2.45) is 0 Å². The van der Waals surface area contributed by atoms with Gasteiger partial charge in [0.05, 0.1) is 20.6 Å². The van der Waals surface area contributed by atoms with Gasteiger partial charge in [-0.1, -0.05) is 30.3 Å². The molecule has 6 heteroatoms. The zero-order chi connectivity index (χ0) is 20.2. The van der Waals surface area contributed by atoms with E-state index in [9.17, 15) is 4.79 Å². The maximum absolute atomic E-state index is 12.8. The van der Waals surface area contributed by atoms with Crippen molar-refractivity contribution in [1.29, 1.82) is 0 Å². The first-order valence-electron chi connectivity index (χ1n) is 9.22. The van der Waals surface area contributed by atoms with Crippen LogP contribution in [0.3, 0.4) is 0 Å². The van der Waals surface area contributed by atoms with Crippen LogP contribution in [-0.4, -0.2) is 29.5 Å². The number of ether oxygens (including phenoxy) is 2. The molecule has 0 fully saturated rings. The fourth-order valence-corrected chi connectivity index (χ4v) is 3.19. The first kappa shape index (κ1) is 18.6. The highest BCUT2D eigenvalue weighted by Crippen LogP contribution is 2.31. The van der Waals surface area contributed by atoms with Crippen LogP contribution in [-0.2, 0) is 11.2 Å². The van der Waals surface area contributed by atoms with Crippen LogP contribution in [0.25, 0.3) is 16.9 Å². The van der Waals surface area contributed by atoms with E-state index in [0.717, 1.165) is 28.3 Å². The van der Waals surface area contributed by atoms with Gasteiger partial charge in [-0.2, -0.15) is 0 Å². The SMILES string of the molecule is COc1ccc(CC(=O)Nc2c(-c3cccc(OC)c3)nc3ccccn23)cc1. The van der Waals surface area contributed by atoms with Gasteiger partial charge in [-0.15, -0.1) is 0 Å². The average Bonchev–Trinajstić information content (AvgIpc) is 3.12. The second-order valence-corrected chi connectivity index (χ2v) is 6.54. The van der Waals surface area contributed by atoms with Crippen molar-refractivity contribution in [2.75, 3.05) is 19.5 Å². The minimum absolute atomic E-state index is 0.120. The smallest absolute Gasteiger partial charge is 0.229 e. The van der Waals surface area contributed by atoms with Crippen LogP contribution in [0.4, 0.5) is 5.82 Å². The molecule has 1 N–H and O–H groups in total. The summed E-state index contributed by atoms with van der Waals surface area (Å²) in [6.45, 7) is 0. The highest BCUT2D eigenvalue weighted by Gasteiger charge is 2.17. The molecule has 4 aromatic rings. The van der Waals surface area contributed by atoms with Gasteiger partial charge >= 0.3 is 0 Å². The monoisotopic (exact) mass is 387 g/mol. The number of carbonyl (C=O) groups excluding carboxylic acids is 1. The molecule has 6 nitrogen and oxygen atoms in total. The van der Waals surface area contributed by atoms with Crippen LogP contribution in [0, 0.1) is 0 Å². The normalized spacial score (nSPS) is 10.7. The summed E-state index contributed by atoms with van der Waals surface area (Å²) in [5, 5.41) is 3.04. The van der Waals surface area contributed by atoms with Gasteiger partial charge in [-0.05, 0) is 42.0 Å². The number of amides is 1. The van der Waals surface area contributed by atoms with Crippen LogP contribution in [0.2, 0.25) is 0 Å². The fourth-order valence-electron chi connectivity index (χ4n) is 3.19. The third-order valence-electron chi connectivity index (χ3n) is 4.65. The molecule has 0 spiro atoms. The lowest BCUT2D eigenvalue weighted by molar-refractivity contribution is -0.115. The van der Waals surface area contributed by atoms with Crippen LogP contribution in [0.15, 0.2) is 72.9 Å². The summed E-state index contributed by atoms with van der Waals surface area (Å²) < 4.78 is 12.4. The molecule has 4 rings (SSSR count). The van der Waals surface area contributed by atoms with E-state index in [-0.39, 0.29) is 12.3 Å². The second kappa shape index (κ2) is 8.06. The van der Waals surface area contributed by atoms with Gasteiger partial charge in [0.15, 0.2) is 0 Å². The van der Waals surface area contributed by atoms with Gasteiger partial charge < -0.3 is 14.8 Å². The van der Waals surface area contributed by atoms with Crippen molar-refractivity contribution in [2.45, 2.75) is 6.42 Å². The van der Waals surface area contributed by atoms with E-state index in [1.807, 2.05) is 77.3 Å². The standard InChI is InChI=1S/C23H21N3O3/c1-28-18-11-9-16(10-12-18)14-21(27)25-23-22(17-6-5-7-19(15-17)29-2)24-20-8-3-4-13-26(20)23/h3-13,15H,14H2,1-2H3,(H,25,27). The van der Waals surface area contributed by atoms with Gasteiger partial charge in [0, 0.05) is 11.8 Å². The van der Waals surface area contributed by atoms with Gasteiger partial charge in [-0.3, -0.25) is 9.20 Å². The van der Waals surface area contributed by atoms with Crippen molar-refractivity contribution < 1.29 is 14.3 Å². The Kier molecular flexibility index (Phi) is 5.16. The van der Waals surface area contributed by atoms with Crippen molar-refractivity contribution in [3.05, 3.63) is 78.5 Å². The number of hydrogen-bond acceptors (Lipinski definition) is 4. The number of methoxy groups -OCH3 is 2. The lowest BCUT2D eigenvalue weighted by Crippen LogP contribution is -2.16. The number of hydrogen-bond donors (Lipinski definition) is 1. The predicted octanol–water partition coefficient (Wildman–Crippen LogP) is 4.20. The molecule has 0 aliphatic rings. The minimum Gasteiger partial charge on any atom is -0.497 e. The summed E-state index contributed by atoms with van der Waals surface area (Å²) in [4.78, 5) is 17.5. The second-order valence-electron chi connectivity index (χ2n) is 6.54. The number of rotatable bonds is 6. The van der Waals surface area contributed by atoms with E-state index in [2.05, 4.69) is 5.32 Å². The van der Waals surface area contributed by atoms with E-state index in [0.29, 0.717) is 11.5 Å². The molecular weight excluding hydrogens is 366 g/mol.